The van der Waals surface area contributed by atoms with E-state index in [0.717, 1.165) is 23.4 Å². The number of thiazole rings is 1. The zero-order chi connectivity index (χ0) is 15.5. The molecule has 1 aliphatic rings. The Balaban J connectivity index is 1.83. The lowest BCUT2D eigenvalue weighted by atomic mass is 10.2. The number of hydrogen-bond donors (Lipinski definition) is 1. The summed E-state index contributed by atoms with van der Waals surface area (Å²) in [6.07, 6.45) is 2.20. The van der Waals surface area contributed by atoms with Gasteiger partial charge in [0.25, 0.3) is 0 Å². The largest absolute Gasteiger partial charge is 0.461 e. The first kappa shape index (κ1) is 14.5. The van der Waals surface area contributed by atoms with E-state index >= 15 is 0 Å². The van der Waals surface area contributed by atoms with E-state index in [0.29, 0.717) is 28.9 Å². The molecule has 112 valence electrons. The van der Waals surface area contributed by atoms with Crippen molar-refractivity contribution in [2.75, 3.05) is 11.9 Å². The van der Waals surface area contributed by atoms with Gasteiger partial charge in [0.1, 0.15) is 0 Å². The SMILES string of the molecule is CCOC(=O)c1nc(Nc2ccc(C#N)cc2)sc1C1CC1. The highest BCUT2D eigenvalue weighted by atomic mass is 32.1. The average Bonchev–Trinajstić information content (AvgIpc) is 3.29. The Bertz CT molecular complexity index is 727. The number of nitriles is 1. The van der Waals surface area contributed by atoms with E-state index in [4.69, 9.17) is 10.00 Å². The summed E-state index contributed by atoms with van der Waals surface area (Å²) in [6, 6.07) is 9.20. The van der Waals surface area contributed by atoms with Crippen LogP contribution in [-0.2, 0) is 4.74 Å². The van der Waals surface area contributed by atoms with Crippen LogP contribution in [0.15, 0.2) is 24.3 Å². The molecule has 6 heteroatoms. The first-order valence-corrected chi connectivity index (χ1v) is 7.98. The quantitative estimate of drug-likeness (QED) is 0.849. The number of carbonyl (C=O) groups is 1. The summed E-state index contributed by atoms with van der Waals surface area (Å²) in [7, 11) is 0. The molecule has 0 aliphatic heterocycles. The number of rotatable bonds is 5. The van der Waals surface area contributed by atoms with E-state index in [1.807, 2.05) is 12.1 Å². The summed E-state index contributed by atoms with van der Waals surface area (Å²) in [5, 5.41) is 12.7. The van der Waals surface area contributed by atoms with Crippen LogP contribution < -0.4 is 5.32 Å². The van der Waals surface area contributed by atoms with E-state index in [2.05, 4.69) is 16.4 Å². The van der Waals surface area contributed by atoms with Gasteiger partial charge in [0.05, 0.1) is 18.2 Å². The van der Waals surface area contributed by atoms with Gasteiger partial charge in [-0.25, -0.2) is 9.78 Å². The second-order valence-electron chi connectivity index (χ2n) is 5.04. The molecule has 5 nitrogen and oxygen atoms in total. The van der Waals surface area contributed by atoms with Crippen molar-refractivity contribution >= 4 is 28.1 Å². The van der Waals surface area contributed by atoms with Crippen molar-refractivity contribution in [2.24, 2.45) is 0 Å². The Labute approximate surface area is 132 Å². The molecule has 1 saturated carbocycles. The van der Waals surface area contributed by atoms with Gasteiger partial charge in [-0.2, -0.15) is 5.26 Å². The minimum absolute atomic E-state index is 0.346. The zero-order valence-electron chi connectivity index (χ0n) is 12.1. The van der Waals surface area contributed by atoms with Gasteiger partial charge in [0, 0.05) is 10.6 Å². The van der Waals surface area contributed by atoms with Crippen molar-refractivity contribution in [3.05, 3.63) is 40.4 Å². The Kier molecular flexibility index (Phi) is 4.07. The maximum Gasteiger partial charge on any atom is 0.358 e. The minimum Gasteiger partial charge on any atom is -0.461 e. The number of anilines is 2. The fourth-order valence-electron chi connectivity index (χ4n) is 2.10. The second kappa shape index (κ2) is 6.16. The van der Waals surface area contributed by atoms with E-state index in [-0.39, 0.29) is 5.97 Å². The molecule has 0 saturated heterocycles. The maximum absolute atomic E-state index is 12.0. The third-order valence-corrected chi connectivity index (χ3v) is 4.47. The normalized spacial score (nSPS) is 13.5. The number of benzene rings is 1. The van der Waals surface area contributed by atoms with Crippen LogP contribution in [-0.4, -0.2) is 17.6 Å². The molecule has 1 aromatic heterocycles. The molecule has 0 spiro atoms. The molecule has 0 amide bonds. The number of nitrogens with zero attached hydrogens (tertiary/aromatic N) is 2. The molecule has 0 atom stereocenters. The molecule has 0 radical (unpaired) electrons. The summed E-state index contributed by atoms with van der Waals surface area (Å²) < 4.78 is 5.08. The smallest absolute Gasteiger partial charge is 0.358 e. The molecule has 0 unspecified atom stereocenters. The van der Waals surface area contributed by atoms with Gasteiger partial charge in [-0.3, -0.25) is 0 Å². The molecule has 1 aromatic carbocycles. The van der Waals surface area contributed by atoms with Gasteiger partial charge in [-0.05, 0) is 49.9 Å². The average molecular weight is 313 g/mol. The summed E-state index contributed by atoms with van der Waals surface area (Å²) in [4.78, 5) is 17.4. The topological polar surface area (TPSA) is 75.0 Å². The van der Waals surface area contributed by atoms with Gasteiger partial charge in [0.15, 0.2) is 10.8 Å². The molecule has 22 heavy (non-hydrogen) atoms. The lowest BCUT2D eigenvalue weighted by molar-refractivity contribution is 0.0519. The van der Waals surface area contributed by atoms with Crippen molar-refractivity contribution in [1.29, 1.82) is 5.26 Å². The number of carbonyl (C=O) groups excluding carboxylic acids is 1. The molecule has 1 aliphatic carbocycles. The second-order valence-corrected chi connectivity index (χ2v) is 6.07. The Morgan fingerprint density at radius 3 is 2.77 bits per heavy atom. The Morgan fingerprint density at radius 1 is 1.45 bits per heavy atom. The zero-order valence-corrected chi connectivity index (χ0v) is 12.9. The molecule has 1 fully saturated rings. The van der Waals surface area contributed by atoms with Crippen molar-refractivity contribution in [2.45, 2.75) is 25.7 Å². The summed E-state index contributed by atoms with van der Waals surface area (Å²) in [6.45, 7) is 2.13. The standard InChI is InChI=1S/C16H15N3O2S/c1-2-21-15(20)13-14(11-5-6-11)22-16(19-13)18-12-7-3-10(9-17)4-8-12/h3-4,7-8,11H,2,5-6H2,1H3,(H,18,19). The lowest BCUT2D eigenvalue weighted by Gasteiger charge is -2.01. The van der Waals surface area contributed by atoms with Crippen molar-refractivity contribution < 1.29 is 9.53 Å². The molecule has 1 N–H and O–H groups in total. The third-order valence-electron chi connectivity index (χ3n) is 3.34. The number of esters is 1. The van der Waals surface area contributed by atoms with E-state index in [9.17, 15) is 4.79 Å². The van der Waals surface area contributed by atoms with Crippen LogP contribution in [0.3, 0.4) is 0 Å². The van der Waals surface area contributed by atoms with Crippen LogP contribution in [0.4, 0.5) is 10.8 Å². The van der Waals surface area contributed by atoms with Crippen LogP contribution in [0.5, 0.6) is 0 Å². The van der Waals surface area contributed by atoms with Gasteiger partial charge in [-0.15, -0.1) is 11.3 Å². The lowest BCUT2D eigenvalue weighted by Crippen LogP contribution is -2.07. The molecule has 2 aromatic rings. The van der Waals surface area contributed by atoms with Crippen LogP contribution in [0.2, 0.25) is 0 Å². The van der Waals surface area contributed by atoms with Gasteiger partial charge < -0.3 is 10.1 Å². The maximum atomic E-state index is 12.0. The molecular formula is C16H15N3O2S. The predicted molar refractivity (Wildman–Crippen MR) is 84.5 cm³/mol. The highest BCUT2D eigenvalue weighted by molar-refractivity contribution is 7.16. The highest BCUT2D eigenvalue weighted by Gasteiger charge is 2.32. The van der Waals surface area contributed by atoms with Crippen molar-refractivity contribution in [3.63, 3.8) is 0 Å². The molecule has 0 bridgehead atoms. The fourth-order valence-corrected chi connectivity index (χ4v) is 3.25. The van der Waals surface area contributed by atoms with Crippen LogP contribution >= 0.6 is 11.3 Å². The Hall–Kier alpha value is -2.39. The van der Waals surface area contributed by atoms with Crippen LogP contribution in [0.25, 0.3) is 0 Å². The number of ether oxygens (including phenoxy) is 1. The minimum atomic E-state index is -0.353. The van der Waals surface area contributed by atoms with E-state index < -0.39 is 0 Å². The van der Waals surface area contributed by atoms with E-state index in [1.165, 1.54) is 11.3 Å². The third kappa shape index (κ3) is 3.10. The van der Waals surface area contributed by atoms with Crippen molar-refractivity contribution in [3.8, 4) is 6.07 Å². The first-order valence-electron chi connectivity index (χ1n) is 7.16. The van der Waals surface area contributed by atoms with Gasteiger partial charge in [0.2, 0.25) is 0 Å². The molecular weight excluding hydrogens is 298 g/mol. The fraction of sp³-hybridized carbons (Fsp3) is 0.312. The highest BCUT2D eigenvalue weighted by Crippen LogP contribution is 2.46. The summed E-state index contributed by atoms with van der Waals surface area (Å²) in [5.41, 5.74) is 1.88. The van der Waals surface area contributed by atoms with Crippen LogP contribution in [0, 0.1) is 11.3 Å². The van der Waals surface area contributed by atoms with Crippen LogP contribution in [0.1, 0.15) is 46.6 Å². The Morgan fingerprint density at radius 2 is 2.18 bits per heavy atom. The van der Waals surface area contributed by atoms with Gasteiger partial charge in [-0.1, -0.05) is 0 Å². The summed E-state index contributed by atoms with van der Waals surface area (Å²) in [5.74, 6) is 0.0851. The summed E-state index contributed by atoms with van der Waals surface area (Å²) >= 11 is 1.50. The number of aromatic nitrogens is 1. The number of hydrogen-bond acceptors (Lipinski definition) is 6. The monoisotopic (exact) mass is 313 g/mol. The predicted octanol–water partition coefficient (Wildman–Crippen LogP) is 3.81. The number of nitrogens with one attached hydrogen (secondary N) is 1. The molecule has 3 rings (SSSR count). The van der Waals surface area contributed by atoms with Crippen molar-refractivity contribution in [1.82, 2.24) is 4.98 Å². The first-order chi connectivity index (χ1) is 10.7. The van der Waals surface area contributed by atoms with Gasteiger partial charge >= 0.3 is 5.97 Å². The van der Waals surface area contributed by atoms with E-state index in [1.54, 1.807) is 19.1 Å². The molecule has 1 heterocycles.